The molecule has 0 saturated carbocycles. The molecule has 0 saturated heterocycles. The van der Waals surface area contributed by atoms with Crippen LogP contribution >= 0.6 is 0 Å². The van der Waals surface area contributed by atoms with Gasteiger partial charge in [-0.15, -0.1) is 0 Å². The molecular formula is C11H15NO. The average molecular weight is 177 g/mol. The summed E-state index contributed by atoms with van der Waals surface area (Å²) >= 11 is 0. The zero-order valence-electron chi connectivity index (χ0n) is 8.28. The Hall–Kier alpha value is -1.33. The van der Waals surface area contributed by atoms with Gasteiger partial charge in [0, 0.05) is 0 Å². The summed E-state index contributed by atoms with van der Waals surface area (Å²) in [5.41, 5.74) is 1.64. The summed E-state index contributed by atoms with van der Waals surface area (Å²) in [5, 5.41) is 17.6. The van der Waals surface area contributed by atoms with Gasteiger partial charge in [0.1, 0.15) is 0 Å². The molecule has 0 aliphatic heterocycles. The van der Waals surface area contributed by atoms with Crippen LogP contribution in [0.15, 0.2) is 24.3 Å². The molecule has 1 unspecified atom stereocenters. The monoisotopic (exact) mass is 177 g/mol. The Kier molecular flexibility index (Phi) is 5.58. The van der Waals surface area contributed by atoms with E-state index in [9.17, 15) is 0 Å². The van der Waals surface area contributed by atoms with Crippen molar-refractivity contribution in [1.29, 1.82) is 5.26 Å². The first-order valence-electron chi connectivity index (χ1n) is 4.39. The topological polar surface area (TPSA) is 44.0 Å². The minimum absolute atomic E-state index is 0.690. The van der Waals surface area contributed by atoms with Crippen LogP contribution in [0.4, 0.5) is 0 Å². The van der Waals surface area contributed by atoms with Crippen LogP contribution in [0.5, 0.6) is 0 Å². The predicted octanol–water partition coefficient (Wildman–Crippen LogP) is 2.58. The van der Waals surface area contributed by atoms with Crippen molar-refractivity contribution in [3.8, 4) is 6.07 Å². The summed E-state index contributed by atoms with van der Waals surface area (Å²) < 4.78 is 0. The highest BCUT2D eigenvalue weighted by Gasteiger charge is 2.06. The largest absolute Gasteiger partial charge is 0.374 e. The van der Waals surface area contributed by atoms with E-state index >= 15 is 0 Å². The maximum Gasteiger partial charge on any atom is 0.166 e. The van der Waals surface area contributed by atoms with E-state index in [1.54, 1.807) is 12.1 Å². The lowest BCUT2D eigenvalue weighted by atomic mass is 10.1. The first-order chi connectivity index (χ1) is 6.25. The van der Waals surface area contributed by atoms with Gasteiger partial charge in [0.05, 0.1) is 6.07 Å². The molecule has 0 aliphatic carbocycles. The van der Waals surface area contributed by atoms with Crippen molar-refractivity contribution in [1.82, 2.24) is 0 Å². The molecule has 0 fully saturated rings. The van der Waals surface area contributed by atoms with Crippen molar-refractivity contribution in [2.75, 3.05) is 0 Å². The van der Waals surface area contributed by atoms with Crippen LogP contribution in [0.3, 0.4) is 0 Å². The Labute approximate surface area is 79.4 Å². The SMILES string of the molecule is CC.Cc1ccccc1C(O)C#N. The maximum absolute atomic E-state index is 9.15. The molecule has 0 spiro atoms. The van der Waals surface area contributed by atoms with Crippen LogP contribution in [-0.4, -0.2) is 5.11 Å². The minimum atomic E-state index is -0.990. The fourth-order valence-corrected chi connectivity index (χ4v) is 0.963. The third kappa shape index (κ3) is 3.27. The second kappa shape index (κ2) is 6.22. The lowest BCUT2D eigenvalue weighted by Gasteiger charge is -2.04. The van der Waals surface area contributed by atoms with Gasteiger partial charge in [-0.1, -0.05) is 38.1 Å². The lowest BCUT2D eigenvalue weighted by molar-refractivity contribution is 0.235. The lowest BCUT2D eigenvalue weighted by Crippen LogP contribution is -1.95. The van der Waals surface area contributed by atoms with Crippen molar-refractivity contribution in [3.05, 3.63) is 35.4 Å². The van der Waals surface area contributed by atoms with Gasteiger partial charge in [-0.2, -0.15) is 5.26 Å². The molecular weight excluding hydrogens is 162 g/mol. The third-order valence-electron chi connectivity index (χ3n) is 1.61. The predicted molar refractivity (Wildman–Crippen MR) is 53.1 cm³/mol. The van der Waals surface area contributed by atoms with Crippen LogP contribution in [0.1, 0.15) is 31.1 Å². The molecule has 0 aliphatic rings. The smallest absolute Gasteiger partial charge is 0.166 e. The molecule has 0 radical (unpaired) electrons. The van der Waals surface area contributed by atoms with E-state index in [-0.39, 0.29) is 0 Å². The zero-order valence-corrected chi connectivity index (χ0v) is 8.28. The van der Waals surface area contributed by atoms with E-state index in [0.29, 0.717) is 5.56 Å². The Morgan fingerprint density at radius 2 is 1.85 bits per heavy atom. The number of rotatable bonds is 1. The molecule has 0 heterocycles. The number of hydrogen-bond donors (Lipinski definition) is 1. The molecule has 0 amide bonds. The van der Waals surface area contributed by atoms with Crippen molar-refractivity contribution in [2.24, 2.45) is 0 Å². The van der Waals surface area contributed by atoms with E-state index in [4.69, 9.17) is 10.4 Å². The van der Waals surface area contributed by atoms with Crippen LogP contribution in [-0.2, 0) is 0 Å². The van der Waals surface area contributed by atoms with Crippen LogP contribution in [0.25, 0.3) is 0 Å². The minimum Gasteiger partial charge on any atom is -0.374 e. The van der Waals surface area contributed by atoms with E-state index < -0.39 is 6.10 Å². The second-order valence-electron chi connectivity index (χ2n) is 2.39. The molecule has 13 heavy (non-hydrogen) atoms. The molecule has 70 valence electrons. The molecule has 1 atom stereocenters. The summed E-state index contributed by atoms with van der Waals surface area (Å²) in [6.45, 7) is 5.87. The highest BCUT2D eigenvalue weighted by Crippen LogP contribution is 2.15. The number of aliphatic hydroxyl groups is 1. The summed E-state index contributed by atoms with van der Waals surface area (Å²) in [6.07, 6.45) is -0.990. The number of nitrogens with zero attached hydrogens (tertiary/aromatic N) is 1. The number of hydrogen-bond acceptors (Lipinski definition) is 2. The van der Waals surface area contributed by atoms with E-state index in [0.717, 1.165) is 5.56 Å². The normalized spacial score (nSPS) is 10.7. The average Bonchev–Trinajstić information content (AvgIpc) is 2.20. The molecule has 2 heteroatoms. The molecule has 0 aromatic heterocycles. The van der Waals surface area contributed by atoms with Crippen LogP contribution in [0, 0.1) is 18.3 Å². The standard InChI is InChI=1S/C9H9NO.C2H6/c1-7-4-2-3-5-8(7)9(11)6-10;1-2/h2-5,9,11H,1H3;1-2H3. The Morgan fingerprint density at radius 1 is 1.31 bits per heavy atom. The molecule has 1 aromatic carbocycles. The van der Waals surface area contributed by atoms with Gasteiger partial charge in [-0.25, -0.2) is 0 Å². The fourth-order valence-electron chi connectivity index (χ4n) is 0.963. The number of benzene rings is 1. The summed E-state index contributed by atoms with van der Waals surface area (Å²) in [7, 11) is 0. The third-order valence-corrected chi connectivity index (χ3v) is 1.61. The number of aliphatic hydroxyl groups excluding tert-OH is 1. The Bertz CT molecular complexity index is 288. The van der Waals surface area contributed by atoms with Gasteiger partial charge in [0.25, 0.3) is 0 Å². The van der Waals surface area contributed by atoms with Crippen molar-refractivity contribution < 1.29 is 5.11 Å². The van der Waals surface area contributed by atoms with Gasteiger partial charge < -0.3 is 5.11 Å². The van der Waals surface area contributed by atoms with Crippen molar-refractivity contribution >= 4 is 0 Å². The van der Waals surface area contributed by atoms with Gasteiger partial charge in [-0.3, -0.25) is 0 Å². The molecule has 1 aromatic rings. The van der Waals surface area contributed by atoms with E-state index in [1.165, 1.54) is 0 Å². The van der Waals surface area contributed by atoms with Gasteiger partial charge >= 0.3 is 0 Å². The first-order valence-corrected chi connectivity index (χ1v) is 4.39. The summed E-state index contributed by atoms with van der Waals surface area (Å²) in [6, 6.07) is 9.09. The van der Waals surface area contributed by atoms with E-state index in [2.05, 4.69) is 0 Å². The number of aryl methyl sites for hydroxylation is 1. The first kappa shape index (κ1) is 11.7. The van der Waals surface area contributed by atoms with Crippen LogP contribution in [0.2, 0.25) is 0 Å². The summed E-state index contributed by atoms with van der Waals surface area (Å²) in [4.78, 5) is 0. The quantitative estimate of drug-likeness (QED) is 0.670. The van der Waals surface area contributed by atoms with Crippen molar-refractivity contribution in [3.63, 3.8) is 0 Å². The van der Waals surface area contributed by atoms with Gasteiger partial charge in [0.15, 0.2) is 6.10 Å². The zero-order chi connectivity index (χ0) is 10.3. The molecule has 0 bridgehead atoms. The van der Waals surface area contributed by atoms with E-state index in [1.807, 2.05) is 39.0 Å². The maximum atomic E-state index is 9.15. The molecule has 2 nitrogen and oxygen atoms in total. The molecule has 1 rings (SSSR count). The summed E-state index contributed by atoms with van der Waals surface area (Å²) in [5.74, 6) is 0. The highest BCUT2D eigenvalue weighted by atomic mass is 16.3. The number of nitriles is 1. The molecule has 1 N–H and O–H groups in total. The van der Waals surface area contributed by atoms with Gasteiger partial charge in [0.2, 0.25) is 0 Å². The van der Waals surface area contributed by atoms with Crippen LogP contribution < -0.4 is 0 Å². The fraction of sp³-hybridized carbons (Fsp3) is 0.364. The second-order valence-corrected chi connectivity index (χ2v) is 2.39. The Balaban J connectivity index is 0.000000671. The van der Waals surface area contributed by atoms with Crippen molar-refractivity contribution in [2.45, 2.75) is 26.9 Å². The highest BCUT2D eigenvalue weighted by molar-refractivity contribution is 5.30. The van der Waals surface area contributed by atoms with Gasteiger partial charge in [-0.05, 0) is 18.1 Å². The Morgan fingerprint density at radius 3 is 2.31 bits per heavy atom.